The van der Waals surface area contributed by atoms with Crippen LogP contribution in [0.25, 0.3) is 0 Å². The number of halogens is 1. The van der Waals surface area contributed by atoms with Gasteiger partial charge in [0.2, 0.25) is 5.91 Å². The molecule has 2 atom stereocenters. The first-order valence-corrected chi connectivity index (χ1v) is 10.5. The summed E-state index contributed by atoms with van der Waals surface area (Å²) in [5.74, 6) is -3.80. The first-order chi connectivity index (χ1) is 14.4. The number of carbonyl (C=O) groups is 3. The molecule has 1 aromatic rings. The maximum absolute atomic E-state index is 12.7. The van der Waals surface area contributed by atoms with Crippen LogP contribution >= 0.6 is 23.4 Å². The van der Waals surface area contributed by atoms with Crippen molar-refractivity contribution in [2.75, 3.05) is 26.1 Å². The number of thioether (sulfide) groups is 1. The summed E-state index contributed by atoms with van der Waals surface area (Å²) in [6.07, 6.45) is 0. The van der Waals surface area contributed by atoms with Crippen LogP contribution in [0.1, 0.15) is 25.3 Å². The highest BCUT2D eigenvalue weighted by Crippen LogP contribution is 2.42. The van der Waals surface area contributed by atoms with Gasteiger partial charge < -0.3 is 19.5 Å². The third-order valence-electron chi connectivity index (χ3n) is 4.24. The lowest BCUT2D eigenvalue weighted by Crippen LogP contribution is -2.44. The van der Waals surface area contributed by atoms with Crippen molar-refractivity contribution in [3.63, 3.8) is 0 Å². The zero-order valence-corrected chi connectivity index (χ0v) is 18.3. The van der Waals surface area contributed by atoms with Gasteiger partial charge in [-0.25, -0.2) is 0 Å². The van der Waals surface area contributed by atoms with E-state index in [9.17, 15) is 19.6 Å². The van der Waals surface area contributed by atoms with Gasteiger partial charge in [0.05, 0.1) is 47.8 Å². The molecule has 2 rings (SSSR count). The minimum absolute atomic E-state index is 0.103. The standard InChI is InChI=1S/C20H21ClN2O6S/c1-4-28-14-7-6-11(8-13(14)21)16-12(9-22)19(30-10-15(24)29-5-2)23-18(25)17(16)20(26)27-3/h6-8,16-17H,4-5,10H2,1-3H3,(H,23,25)/t16-,17+/m1/s1. The zero-order valence-electron chi connectivity index (χ0n) is 16.7. The van der Waals surface area contributed by atoms with Gasteiger partial charge in [0.1, 0.15) is 11.7 Å². The third kappa shape index (κ3) is 5.26. The Balaban J connectivity index is 2.53. The van der Waals surface area contributed by atoms with Gasteiger partial charge in [-0.15, -0.1) is 0 Å². The first kappa shape index (κ1) is 23.6. The molecule has 0 fully saturated rings. The number of hydrogen-bond donors (Lipinski definition) is 1. The number of benzene rings is 1. The van der Waals surface area contributed by atoms with Crippen molar-refractivity contribution >= 4 is 41.2 Å². The number of allylic oxidation sites excluding steroid dienone is 1. The summed E-state index contributed by atoms with van der Waals surface area (Å²) in [5.41, 5.74) is 0.596. The lowest BCUT2D eigenvalue weighted by molar-refractivity contribution is -0.150. The molecule has 1 amide bonds. The van der Waals surface area contributed by atoms with Crippen molar-refractivity contribution in [3.8, 4) is 11.8 Å². The molecule has 0 aliphatic carbocycles. The number of amides is 1. The van der Waals surface area contributed by atoms with E-state index in [1.54, 1.807) is 25.1 Å². The number of nitrogens with zero attached hydrogens (tertiary/aromatic N) is 1. The van der Waals surface area contributed by atoms with Crippen LogP contribution in [0.5, 0.6) is 5.75 Å². The Bertz CT molecular complexity index is 911. The maximum Gasteiger partial charge on any atom is 0.319 e. The van der Waals surface area contributed by atoms with E-state index < -0.39 is 29.7 Å². The molecular weight excluding hydrogens is 432 g/mol. The van der Waals surface area contributed by atoms with Gasteiger partial charge in [-0.3, -0.25) is 14.4 Å². The van der Waals surface area contributed by atoms with Crippen molar-refractivity contribution < 1.29 is 28.6 Å². The van der Waals surface area contributed by atoms with Gasteiger partial charge >= 0.3 is 11.9 Å². The molecular formula is C20H21ClN2O6S. The number of carbonyl (C=O) groups excluding carboxylic acids is 3. The predicted octanol–water partition coefficient (Wildman–Crippen LogP) is 2.77. The van der Waals surface area contributed by atoms with Crippen LogP contribution in [0, 0.1) is 17.2 Å². The van der Waals surface area contributed by atoms with Crippen LogP contribution < -0.4 is 10.1 Å². The molecule has 0 unspecified atom stereocenters. The lowest BCUT2D eigenvalue weighted by Gasteiger charge is -2.31. The molecule has 1 aliphatic rings. The van der Waals surface area contributed by atoms with Crippen LogP contribution in [-0.2, 0) is 23.9 Å². The van der Waals surface area contributed by atoms with Gasteiger partial charge in [-0.2, -0.15) is 5.26 Å². The number of methoxy groups -OCH3 is 1. The van der Waals surface area contributed by atoms with Crippen molar-refractivity contribution in [2.45, 2.75) is 19.8 Å². The smallest absolute Gasteiger partial charge is 0.319 e. The SMILES string of the molecule is CCOC(=O)CSC1=C(C#N)[C@@H](c2ccc(OCC)c(Cl)c2)[C@H](C(=O)OC)C(=O)N1. The van der Waals surface area contributed by atoms with E-state index in [1.165, 1.54) is 7.11 Å². The average Bonchev–Trinajstić information content (AvgIpc) is 2.73. The summed E-state index contributed by atoms with van der Waals surface area (Å²) >= 11 is 7.24. The van der Waals surface area contributed by atoms with E-state index in [2.05, 4.69) is 11.4 Å². The molecule has 1 aliphatic heterocycles. The molecule has 0 bridgehead atoms. The fourth-order valence-electron chi connectivity index (χ4n) is 3.00. The summed E-state index contributed by atoms with van der Waals surface area (Å²) in [6, 6.07) is 6.86. The van der Waals surface area contributed by atoms with Gasteiger partial charge in [-0.1, -0.05) is 29.4 Å². The van der Waals surface area contributed by atoms with Gasteiger partial charge in [0, 0.05) is 5.92 Å². The number of hydrogen-bond acceptors (Lipinski definition) is 8. The highest BCUT2D eigenvalue weighted by atomic mass is 35.5. The van der Waals surface area contributed by atoms with Crippen molar-refractivity contribution in [1.82, 2.24) is 5.32 Å². The van der Waals surface area contributed by atoms with E-state index in [-0.39, 0.29) is 28.0 Å². The summed E-state index contributed by atoms with van der Waals surface area (Å²) < 4.78 is 15.1. The molecule has 0 aromatic heterocycles. The Morgan fingerprint density at radius 2 is 2.03 bits per heavy atom. The van der Waals surface area contributed by atoms with Gasteiger partial charge in [0.25, 0.3) is 0 Å². The lowest BCUT2D eigenvalue weighted by atomic mass is 9.78. The molecule has 0 radical (unpaired) electrons. The van der Waals surface area contributed by atoms with E-state index >= 15 is 0 Å². The molecule has 1 heterocycles. The summed E-state index contributed by atoms with van der Waals surface area (Å²) in [6.45, 7) is 4.12. The fraction of sp³-hybridized carbons (Fsp3) is 0.400. The number of nitriles is 1. The number of ether oxygens (including phenoxy) is 3. The van der Waals surface area contributed by atoms with E-state index in [4.69, 9.17) is 25.8 Å². The molecule has 0 spiro atoms. The van der Waals surface area contributed by atoms with Crippen LogP contribution in [0.4, 0.5) is 0 Å². The second kappa shape index (κ2) is 10.9. The van der Waals surface area contributed by atoms with Crippen molar-refractivity contribution in [1.29, 1.82) is 5.26 Å². The molecule has 8 nitrogen and oxygen atoms in total. The zero-order chi connectivity index (χ0) is 22.3. The molecule has 30 heavy (non-hydrogen) atoms. The molecule has 10 heteroatoms. The van der Waals surface area contributed by atoms with Crippen LogP contribution in [-0.4, -0.2) is 43.9 Å². The molecule has 160 valence electrons. The molecule has 1 N–H and O–H groups in total. The minimum Gasteiger partial charge on any atom is -0.492 e. The minimum atomic E-state index is -1.29. The van der Waals surface area contributed by atoms with E-state index in [1.807, 2.05) is 6.92 Å². The normalized spacial score (nSPS) is 18.3. The quantitative estimate of drug-likeness (QED) is 0.473. The van der Waals surface area contributed by atoms with Crippen LogP contribution in [0.15, 0.2) is 28.8 Å². The second-order valence-electron chi connectivity index (χ2n) is 6.04. The Morgan fingerprint density at radius 1 is 1.30 bits per heavy atom. The topological polar surface area (TPSA) is 115 Å². The summed E-state index contributed by atoms with van der Waals surface area (Å²) in [5, 5.41) is 12.8. The second-order valence-corrected chi connectivity index (χ2v) is 7.43. The van der Waals surface area contributed by atoms with Gasteiger partial charge in [-0.05, 0) is 31.5 Å². The highest BCUT2D eigenvalue weighted by Gasteiger charge is 2.44. The number of rotatable bonds is 8. The Hall–Kier alpha value is -2.70. The summed E-state index contributed by atoms with van der Waals surface area (Å²) in [7, 11) is 1.17. The van der Waals surface area contributed by atoms with E-state index in [0.29, 0.717) is 17.9 Å². The molecule has 1 aromatic carbocycles. The van der Waals surface area contributed by atoms with E-state index in [0.717, 1.165) is 11.8 Å². The monoisotopic (exact) mass is 452 g/mol. The van der Waals surface area contributed by atoms with Gasteiger partial charge in [0.15, 0.2) is 0 Å². The summed E-state index contributed by atoms with van der Waals surface area (Å²) in [4.78, 5) is 36.8. The van der Waals surface area contributed by atoms with Crippen molar-refractivity contribution in [2.24, 2.45) is 5.92 Å². The number of esters is 2. The average molecular weight is 453 g/mol. The Morgan fingerprint density at radius 3 is 2.60 bits per heavy atom. The molecule has 0 saturated heterocycles. The maximum atomic E-state index is 12.7. The largest absolute Gasteiger partial charge is 0.492 e. The highest BCUT2D eigenvalue weighted by molar-refractivity contribution is 8.03. The Kier molecular flexibility index (Phi) is 8.57. The molecule has 0 saturated carbocycles. The third-order valence-corrected chi connectivity index (χ3v) is 5.52. The first-order valence-electron chi connectivity index (χ1n) is 9.11. The predicted molar refractivity (Wildman–Crippen MR) is 111 cm³/mol. The van der Waals surface area contributed by atoms with Crippen LogP contribution in [0.2, 0.25) is 5.02 Å². The van der Waals surface area contributed by atoms with Crippen LogP contribution in [0.3, 0.4) is 0 Å². The number of nitrogens with one attached hydrogen (secondary N) is 1. The van der Waals surface area contributed by atoms with Crippen molar-refractivity contribution in [3.05, 3.63) is 39.4 Å². The fourth-order valence-corrected chi connectivity index (χ4v) is 4.09. The Labute approximate surface area is 183 Å².